The molecule has 2 aliphatic rings. The normalized spacial score (nSPS) is 24.4. The number of hydrogen-bond acceptors (Lipinski definition) is 3. The zero-order valence-corrected chi connectivity index (χ0v) is 12.1. The summed E-state index contributed by atoms with van der Waals surface area (Å²) in [5.41, 5.74) is 0.836. The van der Waals surface area contributed by atoms with E-state index in [2.05, 4.69) is 17.1 Å². The van der Waals surface area contributed by atoms with Gasteiger partial charge in [0.2, 0.25) is 0 Å². The highest BCUT2D eigenvalue weighted by Crippen LogP contribution is 2.32. The quantitative estimate of drug-likeness (QED) is 0.875. The molecule has 2 unspecified atom stereocenters. The second-order valence-electron chi connectivity index (χ2n) is 5.41. The molecule has 2 aliphatic heterocycles. The Morgan fingerprint density at radius 1 is 1.45 bits per heavy atom. The van der Waals surface area contributed by atoms with Gasteiger partial charge in [0.25, 0.3) is 0 Å². The highest BCUT2D eigenvalue weighted by molar-refractivity contribution is 6.30. The summed E-state index contributed by atoms with van der Waals surface area (Å²) in [6.07, 6.45) is 0. The maximum absolute atomic E-state index is 11.6. The highest BCUT2D eigenvalue weighted by Gasteiger charge is 2.37. The van der Waals surface area contributed by atoms with Crippen LogP contribution in [-0.4, -0.2) is 53.2 Å². The van der Waals surface area contributed by atoms with Crippen LogP contribution in [0, 0.1) is 0 Å². The van der Waals surface area contributed by atoms with Crippen LogP contribution in [-0.2, 0) is 0 Å². The summed E-state index contributed by atoms with van der Waals surface area (Å²) in [4.78, 5) is 15.8. The molecular weight excluding hydrogens is 278 g/mol. The van der Waals surface area contributed by atoms with Crippen molar-refractivity contribution in [2.45, 2.75) is 19.0 Å². The van der Waals surface area contributed by atoms with Crippen LogP contribution in [0.1, 0.15) is 18.5 Å². The number of nitrogens with zero attached hydrogens (tertiary/aromatic N) is 2. The van der Waals surface area contributed by atoms with Crippen LogP contribution in [0.5, 0.6) is 5.75 Å². The highest BCUT2D eigenvalue weighted by atomic mass is 35.5. The van der Waals surface area contributed by atoms with Crippen molar-refractivity contribution in [1.82, 2.24) is 15.1 Å². The topological polar surface area (TPSA) is 55.8 Å². The predicted molar refractivity (Wildman–Crippen MR) is 77.0 cm³/mol. The first-order valence-corrected chi connectivity index (χ1v) is 7.21. The number of piperazine rings is 1. The summed E-state index contributed by atoms with van der Waals surface area (Å²) in [5, 5.41) is 13.5. The predicted octanol–water partition coefficient (Wildman–Crippen LogP) is 1.82. The smallest absolute Gasteiger partial charge is 0.317 e. The van der Waals surface area contributed by atoms with Gasteiger partial charge in [-0.2, -0.15) is 0 Å². The molecule has 2 atom stereocenters. The van der Waals surface area contributed by atoms with Crippen molar-refractivity contribution in [3.8, 4) is 5.75 Å². The molecule has 2 amide bonds. The fourth-order valence-electron chi connectivity index (χ4n) is 3.04. The molecule has 1 aromatic rings. The number of carbonyl (C=O) groups is 1. The van der Waals surface area contributed by atoms with Gasteiger partial charge >= 0.3 is 6.03 Å². The minimum atomic E-state index is 0.0351. The van der Waals surface area contributed by atoms with Crippen molar-refractivity contribution in [1.29, 1.82) is 0 Å². The Morgan fingerprint density at radius 3 is 3.05 bits per heavy atom. The number of rotatable bonds is 2. The number of aromatic hydroxyl groups is 1. The third kappa shape index (κ3) is 2.31. The summed E-state index contributed by atoms with van der Waals surface area (Å²) in [6, 6.07) is 5.46. The first kappa shape index (κ1) is 13.5. The first-order chi connectivity index (χ1) is 9.56. The molecule has 2 heterocycles. The average Bonchev–Trinajstić information content (AvgIpc) is 2.82. The second-order valence-corrected chi connectivity index (χ2v) is 5.84. The number of amides is 2. The van der Waals surface area contributed by atoms with Gasteiger partial charge in [0.1, 0.15) is 5.75 Å². The number of carbonyl (C=O) groups excluding carboxylic acids is 1. The molecule has 0 spiro atoms. The number of halogens is 1. The third-order valence-electron chi connectivity index (χ3n) is 4.25. The van der Waals surface area contributed by atoms with Gasteiger partial charge in [-0.25, -0.2) is 4.79 Å². The van der Waals surface area contributed by atoms with Gasteiger partial charge < -0.3 is 15.3 Å². The third-order valence-corrected chi connectivity index (χ3v) is 4.49. The second kappa shape index (κ2) is 5.14. The van der Waals surface area contributed by atoms with E-state index in [0.29, 0.717) is 11.6 Å². The van der Waals surface area contributed by atoms with E-state index in [1.54, 1.807) is 12.1 Å². The van der Waals surface area contributed by atoms with Gasteiger partial charge in [-0.1, -0.05) is 11.6 Å². The Morgan fingerprint density at radius 2 is 2.25 bits per heavy atom. The minimum absolute atomic E-state index is 0.0351. The summed E-state index contributed by atoms with van der Waals surface area (Å²) in [6.45, 7) is 5.10. The van der Waals surface area contributed by atoms with Crippen molar-refractivity contribution >= 4 is 17.6 Å². The van der Waals surface area contributed by atoms with E-state index in [4.69, 9.17) is 11.6 Å². The summed E-state index contributed by atoms with van der Waals surface area (Å²) < 4.78 is 0. The van der Waals surface area contributed by atoms with Crippen LogP contribution < -0.4 is 5.32 Å². The average molecular weight is 296 g/mol. The number of benzene rings is 1. The Bertz CT molecular complexity index is 537. The molecule has 0 bridgehead atoms. The van der Waals surface area contributed by atoms with Gasteiger partial charge in [0, 0.05) is 42.8 Å². The molecular formula is C14H18ClN3O2. The lowest BCUT2D eigenvalue weighted by Crippen LogP contribution is -2.52. The summed E-state index contributed by atoms with van der Waals surface area (Å²) in [7, 11) is 0. The molecule has 2 N–H and O–H groups in total. The number of nitrogens with one attached hydrogen (secondary N) is 1. The lowest BCUT2D eigenvalue weighted by molar-refractivity contribution is 0.0930. The van der Waals surface area contributed by atoms with E-state index < -0.39 is 0 Å². The van der Waals surface area contributed by atoms with Crippen LogP contribution in [0.25, 0.3) is 0 Å². The number of hydrogen-bond donors (Lipinski definition) is 2. The van der Waals surface area contributed by atoms with Crippen molar-refractivity contribution in [3.05, 3.63) is 28.8 Å². The molecule has 20 heavy (non-hydrogen) atoms. The van der Waals surface area contributed by atoms with Crippen molar-refractivity contribution < 1.29 is 9.90 Å². The monoisotopic (exact) mass is 295 g/mol. The van der Waals surface area contributed by atoms with Gasteiger partial charge in [0.15, 0.2) is 0 Å². The fourth-order valence-corrected chi connectivity index (χ4v) is 3.22. The maximum Gasteiger partial charge on any atom is 0.317 e. The number of urea groups is 1. The number of fused-ring (bicyclic) bond motifs is 1. The standard InChI is InChI=1S/C14H18ClN3O2/c1-9(12-6-10(15)2-3-13(12)19)17-4-5-18-11(8-17)7-16-14(18)20/h2-3,6,9,11,19H,4-5,7-8H2,1H3,(H,16,20). The zero-order valence-electron chi connectivity index (χ0n) is 11.3. The Hall–Kier alpha value is -1.46. The van der Waals surface area contributed by atoms with Crippen LogP contribution in [0.15, 0.2) is 18.2 Å². The summed E-state index contributed by atoms with van der Waals surface area (Å²) in [5.74, 6) is 0.268. The maximum atomic E-state index is 11.6. The van der Waals surface area contributed by atoms with Crippen LogP contribution in [0.3, 0.4) is 0 Å². The minimum Gasteiger partial charge on any atom is -0.508 e. The molecule has 108 valence electrons. The van der Waals surface area contributed by atoms with Gasteiger partial charge in [-0.3, -0.25) is 4.90 Å². The van der Waals surface area contributed by atoms with E-state index in [9.17, 15) is 9.90 Å². The largest absolute Gasteiger partial charge is 0.508 e. The molecule has 2 fully saturated rings. The number of phenols is 1. The van der Waals surface area contributed by atoms with Gasteiger partial charge in [-0.05, 0) is 25.1 Å². The van der Waals surface area contributed by atoms with Crippen molar-refractivity contribution in [2.75, 3.05) is 26.2 Å². The first-order valence-electron chi connectivity index (χ1n) is 6.83. The lowest BCUT2D eigenvalue weighted by atomic mass is 10.0. The van der Waals surface area contributed by atoms with Crippen LogP contribution >= 0.6 is 11.6 Å². The van der Waals surface area contributed by atoms with Crippen LogP contribution in [0.2, 0.25) is 5.02 Å². The molecule has 5 nitrogen and oxygen atoms in total. The van der Waals surface area contributed by atoms with E-state index in [-0.39, 0.29) is 23.9 Å². The molecule has 0 aromatic heterocycles. The van der Waals surface area contributed by atoms with Crippen molar-refractivity contribution in [2.24, 2.45) is 0 Å². The SMILES string of the molecule is CC(c1cc(Cl)ccc1O)N1CCN2C(=O)NCC2C1. The summed E-state index contributed by atoms with van der Waals surface area (Å²) >= 11 is 6.02. The number of phenolic OH excluding ortho intramolecular Hbond substituents is 1. The van der Waals surface area contributed by atoms with Crippen molar-refractivity contribution in [3.63, 3.8) is 0 Å². The molecule has 6 heteroatoms. The molecule has 0 radical (unpaired) electrons. The Kier molecular flexibility index (Phi) is 3.48. The molecule has 1 aromatic carbocycles. The van der Waals surface area contributed by atoms with E-state index in [1.807, 2.05) is 11.0 Å². The molecule has 3 rings (SSSR count). The molecule has 0 saturated carbocycles. The molecule has 0 aliphatic carbocycles. The fraction of sp³-hybridized carbons (Fsp3) is 0.500. The zero-order chi connectivity index (χ0) is 14.3. The van der Waals surface area contributed by atoms with E-state index >= 15 is 0 Å². The Labute approximate surface area is 123 Å². The Balaban J connectivity index is 1.76. The lowest BCUT2D eigenvalue weighted by Gasteiger charge is -2.39. The molecule has 2 saturated heterocycles. The van der Waals surface area contributed by atoms with E-state index in [1.165, 1.54) is 0 Å². The van der Waals surface area contributed by atoms with Crippen LogP contribution in [0.4, 0.5) is 4.79 Å². The van der Waals surface area contributed by atoms with E-state index in [0.717, 1.165) is 25.2 Å². The van der Waals surface area contributed by atoms with Gasteiger partial charge in [0.05, 0.1) is 6.04 Å². The van der Waals surface area contributed by atoms with Gasteiger partial charge in [-0.15, -0.1) is 0 Å².